The third kappa shape index (κ3) is 2.58. The van der Waals surface area contributed by atoms with E-state index in [2.05, 4.69) is 0 Å². The second-order valence-electron chi connectivity index (χ2n) is 4.43. The van der Waals surface area contributed by atoms with Gasteiger partial charge in [-0.05, 0) is 17.7 Å². The van der Waals surface area contributed by atoms with Gasteiger partial charge in [-0.15, -0.1) is 0 Å². The summed E-state index contributed by atoms with van der Waals surface area (Å²) in [6.07, 6.45) is 5.61. The molecule has 2 rings (SSSR count). The Kier molecular flexibility index (Phi) is 3.75. The van der Waals surface area contributed by atoms with Crippen LogP contribution >= 0.6 is 0 Å². The first-order valence-corrected chi connectivity index (χ1v) is 5.83. The molecular formula is C15H16O3. The molecular weight excluding hydrogens is 228 g/mol. The van der Waals surface area contributed by atoms with Crippen molar-refractivity contribution in [3.63, 3.8) is 0 Å². The van der Waals surface area contributed by atoms with Crippen LogP contribution in [0.2, 0.25) is 0 Å². The fraction of sp³-hybridized carbons (Fsp3) is 0.267. The van der Waals surface area contributed by atoms with Crippen molar-refractivity contribution in [1.29, 1.82) is 0 Å². The Bertz CT molecular complexity index is 476. The summed E-state index contributed by atoms with van der Waals surface area (Å²) < 4.78 is 5.27. The lowest BCUT2D eigenvalue weighted by Crippen LogP contribution is -2.44. The molecule has 0 bridgehead atoms. The van der Waals surface area contributed by atoms with Crippen LogP contribution < -0.4 is 0 Å². The van der Waals surface area contributed by atoms with E-state index in [1.807, 2.05) is 30.3 Å². The summed E-state index contributed by atoms with van der Waals surface area (Å²) in [5, 5.41) is 10.6. The third-order valence-corrected chi connectivity index (χ3v) is 3.12. The number of methoxy groups -OCH3 is 1. The van der Waals surface area contributed by atoms with Gasteiger partial charge in [0, 0.05) is 19.1 Å². The van der Waals surface area contributed by atoms with Crippen LogP contribution in [0.15, 0.2) is 54.1 Å². The maximum Gasteiger partial charge on any atom is 0.149 e. The smallest absolute Gasteiger partial charge is 0.149 e. The van der Waals surface area contributed by atoms with Crippen molar-refractivity contribution in [3.05, 3.63) is 59.7 Å². The van der Waals surface area contributed by atoms with Gasteiger partial charge in [-0.25, -0.2) is 0 Å². The highest BCUT2D eigenvalue weighted by Crippen LogP contribution is 2.27. The quantitative estimate of drug-likeness (QED) is 0.819. The predicted octanol–water partition coefficient (Wildman–Crippen LogP) is 1.67. The zero-order chi connectivity index (χ0) is 13.0. The molecule has 94 valence electrons. The van der Waals surface area contributed by atoms with Gasteiger partial charge in [-0.1, -0.05) is 36.4 Å². The molecule has 0 heterocycles. The molecule has 0 aliphatic heterocycles. The highest BCUT2D eigenvalue weighted by molar-refractivity contribution is 5.78. The molecule has 2 unspecified atom stereocenters. The summed E-state index contributed by atoms with van der Waals surface area (Å²) in [6, 6.07) is 9.71. The first-order chi connectivity index (χ1) is 8.68. The fourth-order valence-electron chi connectivity index (χ4n) is 2.14. The number of rotatable bonds is 4. The number of aliphatic hydroxyl groups is 1. The van der Waals surface area contributed by atoms with Gasteiger partial charge in [0.15, 0.2) is 0 Å². The van der Waals surface area contributed by atoms with E-state index < -0.39 is 11.7 Å². The minimum Gasteiger partial charge on any atom is -0.382 e. The SMILES string of the molecule is COC1C=C(C=O)C=CC1(O)Cc1ccccc1. The van der Waals surface area contributed by atoms with Gasteiger partial charge in [0.1, 0.15) is 18.0 Å². The van der Waals surface area contributed by atoms with E-state index in [1.54, 1.807) is 18.2 Å². The molecule has 1 aliphatic rings. The summed E-state index contributed by atoms with van der Waals surface area (Å²) in [4.78, 5) is 10.7. The molecule has 0 saturated carbocycles. The molecule has 0 saturated heterocycles. The van der Waals surface area contributed by atoms with Crippen LogP contribution in [0.3, 0.4) is 0 Å². The number of carbonyl (C=O) groups is 1. The van der Waals surface area contributed by atoms with Crippen molar-refractivity contribution in [2.45, 2.75) is 18.1 Å². The fourth-order valence-corrected chi connectivity index (χ4v) is 2.14. The molecule has 0 fully saturated rings. The van der Waals surface area contributed by atoms with Crippen molar-refractivity contribution in [1.82, 2.24) is 0 Å². The molecule has 3 nitrogen and oxygen atoms in total. The summed E-state index contributed by atoms with van der Waals surface area (Å²) >= 11 is 0. The molecule has 1 aromatic rings. The second kappa shape index (κ2) is 5.29. The summed E-state index contributed by atoms with van der Waals surface area (Å²) in [5.41, 5.74) is 0.442. The molecule has 18 heavy (non-hydrogen) atoms. The zero-order valence-electron chi connectivity index (χ0n) is 10.2. The molecule has 0 aromatic heterocycles. The van der Waals surface area contributed by atoms with Crippen LogP contribution in [0.4, 0.5) is 0 Å². The summed E-state index contributed by atoms with van der Waals surface area (Å²) in [7, 11) is 1.53. The van der Waals surface area contributed by atoms with E-state index in [0.717, 1.165) is 11.8 Å². The lowest BCUT2D eigenvalue weighted by Gasteiger charge is -2.33. The average Bonchev–Trinajstić information content (AvgIpc) is 2.40. The van der Waals surface area contributed by atoms with E-state index in [-0.39, 0.29) is 0 Å². The van der Waals surface area contributed by atoms with Crippen LogP contribution in [0.25, 0.3) is 0 Å². The van der Waals surface area contributed by atoms with Gasteiger partial charge >= 0.3 is 0 Å². The van der Waals surface area contributed by atoms with Crippen LogP contribution in [-0.2, 0) is 16.0 Å². The van der Waals surface area contributed by atoms with Gasteiger partial charge in [0.05, 0.1) is 0 Å². The van der Waals surface area contributed by atoms with Gasteiger partial charge in [-0.2, -0.15) is 0 Å². The van der Waals surface area contributed by atoms with Crippen molar-refractivity contribution >= 4 is 6.29 Å². The first kappa shape index (κ1) is 12.7. The topological polar surface area (TPSA) is 46.5 Å². The zero-order valence-corrected chi connectivity index (χ0v) is 10.2. The highest BCUT2D eigenvalue weighted by Gasteiger charge is 2.35. The van der Waals surface area contributed by atoms with Crippen LogP contribution in [0.5, 0.6) is 0 Å². The Balaban J connectivity index is 2.23. The van der Waals surface area contributed by atoms with Gasteiger partial charge < -0.3 is 9.84 Å². The largest absolute Gasteiger partial charge is 0.382 e. The number of benzene rings is 1. The molecule has 3 heteroatoms. The minimum atomic E-state index is -1.11. The first-order valence-electron chi connectivity index (χ1n) is 5.83. The van der Waals surface area contributed by atoms with E-state index >= 15 is 0 Å². The van der Waals surface area contributed by atoms with Gasteiger partial charge in [0.25, 0.3) is 0 Å². The number of ether oxygens (including phenoxy) is 1. The van der Waals surface area contributed by atoms with E-state index in [9.17, 15) is 9.90 Å². The third-order valence-electron chi connectivity index (χ3n) is 3.12. The molecule has 2 atom stereocenters. The van der Waals surface area contributed by atoms with Crippen molar-refractivity contribution in [2.75, 3.05) is 7.11 Å². The number of hydrogen-bond donors (Lipinski definition) is 1. The average molecular weight is 244 g/mol. The second-order valence-corrected chi connectivity index (χ2v) is 4.43. The van der Waals surface area contributed by atoms with E-state index in [4.69, 9.17) is 4.74 Å². The summed E-state index contributed by atoms with van der Waals surface area (Å²) in [6.45, 7) is 0. The maximum absolute atomic E-state index is 10.7. The summed E-state index contributed by atoms with van der Waals surface area (Å²) in [5.74, 6) is 0. The number of hydrogen-bond acceptors (Lipinski definition) is 3. The molecule has 0 radical (unpaired) electrons. The van der Waals surface area contributed by atoms with Crippen molar-refractivity contribution in [3.8, 4) is 0 Å². The van der Waals surface area contributed by atoms with Crippen LogP contribution in [-0.4, -0.2) is 30.2 Å². The van der Waals surface area contributed by atoms with Crippen LogP contribution in [0, 0.1) is 0 Å². The predicted molar refractivity (Wildman–Crippen MR) is 69.2 cm³/mol. The number of aldehydes is 1. The van der Waals surface area contributed by atoms with Gasteiger partial charge in [0.2, 0.25) is 0 Å². The number of allylic oxidation sites excluding steroid dienone is 2. The molecule has 0 amide bonds. The molecule has 1 aliphatic carbocycles. The number of carbonyl (C=O) groups excluding carboxylic acids is 1. The Morgan fingerprint density at radius 3 is 2.72 bits per heavy atom. The Morgan fingerprint density at radius 2 is 2.11 bits per heavy atom. The van der Waals surface area contributed by atoms with E-state index in [0.29, 0.717) is 12.0 Å². The van der Waals surface area contributed by atoms with Crippen molar-refractivity contribution < 1.29 is 14.6 Å². The molecule has 0 spiro atoms. The molecule has 1 N–H and O–H groups in total. The highest BCUT2D eigenvalue weighted by atomic mass is 16.5. The maximum atomic E-state index is 10.7. The Morgan fingerprint density at radius 1 is 1.39 bits per heavy atom. The lowest BCUT2D eigenvalue weighted by atomic mass is 9.84. The normalized spacial score (nSPS) is 26.8. The molecule has 1 aromatic carbocycles. The van der Waals surface area contributed by atoms with E-state index in [1.165, 1.54) is 7.11 Å². The van der Waals surface area contributed by atoms with Gasteiger partial charge in [-0.3, -0.25) is 4.79 Å². The Labute approximate surface area is 106 Å². The monoisotopic (exact) mass is 244 g/mol. The standard InChI is InChI=1S/C15H16O3/c1-18-14-9-13(11-16)7-8-15(14,17)10-12-5-3-2-4-6-12/h2-9,11,14,17H,10H2,1H3. The minimum absolute atomic E-state index is 0.450. The lowest BCUT2D eigenvalue weighted by molar-refractivity contribution is -0.104. The Hall–Kier alpha value is -1.71. The van der Waals surface area contributed by atoms with Crippen LogP contribution in [0.1, 0.15) is 5.56 Å². The van der Waals surface area contributed by atoms with Crippen molar-refractivity contribution in [2.24, 2.45) is 0 Å².